The molecule has 0 spiro atoms. The van der Waals surface area contributed by atoms with Crippen LogP contribution in [0.5, 0.6) is 5.75 Å². The van der Waals surface area contributed by atoms with Crippen molar-refractivity contribution in [2.45, 2.75) is 6.92 Å². The number of hydrogen-bond acceptors (Lipinski definition) is 6. The van der Waals surface area contributed by atoms with E-state index in [1.54, 1.807) is 24.3 Å². The summed E-state index contributed by atoms with van der Waals surface area (Å²) in [4.78, 5) is 0. The minimum atomic E-state index is -3.66. The predicted octanol–water partition coefficient (Wildman–Crippen LogP) is 2.49. The largest absolute Gasteiger partial charge is 0.508 e. The fourth-order valence-electron chi connectivity index (χ4n) is 1.17. The Morgan fingerprint density at radius 1 is 0.955 bits per heavy atom. The second-order valence-corrected chi connectivity index (χ2v) is 5.47. The lowest BCUT2D eigenvalue weighted by atomic mass is 10.2. The molecule has 0 bridgehead atoms. The molecular formula is C15H21NO5S. The van der Waals surface area contributed by atoms with Gasteiger partial charge in [-0.25, -0.2) is 0 Å². The van der Waals surface area contributed by atoms with E-state index in [-0.39, 0.29) is 0 Å². The lowest BCUT2D eigenvalue weighted by Crippen LogP contribution is -2.02. The van der Waals surface area contributed by atoms with E-state index in [0.717, 1.165) is 19.9 Å². The van der Waals surface area contributed by atoms with Gasteiger partial charge in [0, 0.05) is 5.69 Å². The van der Waals surface area contributed by atoms with Gasteiger partial charge in [-0.05, 0) is 36.8 Å². The van der Waals surface area contributed by atoms with E-state index in [9.17, 15) is 8.42 Å². The zero-order valence-corrected chi connectivity index (χ0v) is 13.6. The van der Waals surface area contributed by atoms with Crippen molar-refractivity contribution in [1.82, 2.24) is 0 Å². The third-order valence-corrected chi connectivity index (χ3v) is 3.02. The number of anilines is 1. The third-order valence-electron chi connectivity index (χ3n) is 2.21. The predicted molar refractivity (Wildman–Crippen MR) is 86.6 cm³/mol. The summed E-state index contributed by atoms with van der Waals surface area (Å²) in [6.07, 6.45) is 0. The number of nitrogens with two attached hydrogens (primary N) is 1. The summed E-state index contributed by atoms with van der Waals surface area (Å²) < 4.78 is 27.5. The molecular weight excluding hydrogens is 306 g/mol. The maximum Gasteiger partial charge on any atom is 0.399 e. The fraction of sp³-hybridized carbons (Fsp3) is 0.200. The quantitative estimate of drug-likeness (QED) is 0.822. The van der Waals surface area contributed by atoms with E-state index in [0.29, 0.717) is 5.75 Å². The molecule has 2 aromatic rings. The van der Waals surface area contributed by atoms with Gasteiger partial charge in [0.2, 0.25) is 0 Å². The molecule has 122 valence electrons. The molecule has 0 fully saturated rings. The first-order chi connectivity index (χ1) is 10.3. The monoisotopic (exact) mass is 327 g/mol. The lowest BCUT2D eigenvalue weighted by molar-refractivity contribution is 0.286. The Labute approximate surface area is 131 Å². The minimum Gasteiger partial charge on any atom is -0.508 e. The molecule has 0 radical (unpaired) electrons. The maximum atomic E-state index is 9.92. The first-order valence-corrected chi connectivity index (χ1v) is 7.56. The molecule has 3 N–H and O–H groups in total. The molecule has 6 nitrogen and oxygen atoms in total. The highest BCUT2D eigenvalue weighted by molar-refractivity contribution is 7.81. The molecule has 0 aliphatic heterocycles. The molecule has 0 saturated heterocycles. The number of aryl methyl sites for hydroxylation is 1. The number of hydrogen-bond donors (Lipinski definition) is 2. The average Bonchev–Trinajstić information content (AvgIpc) is 2.49. The van der Waals surface area contributed by atoms with Gasteiger partial charge >= 0.3 is 10.4 Å². The van der Waals surface area contributed by atoms with Crippen LogP contribution in [0.4, 0.5) is 5.69 Å². The first-order valence-electron chi connectivity index (χ1n) is 6.23. The van der Waals surface area contributed by atoms with Crippen LogP contribution in [0, 0.1) is 6.92 Å². The number of phenols is 1. The standard InChI is InChI=1S/C7H9N.C6H6O.C2H6O4S/c1-6-3-2-4-7(8)5-6;7-6-4-2-1-3-5-6;1-5-7(3,4)6-2/h2-5H,8H2,1H3;1-5,7H;1-2H3. The van der Waals surface area contributed by atoms with Crippen LogP contribution in [-0.4, -0.2) is 27.7 Å². The second kappa shape index (κ2) is 10.6. The summed E-state index contributed by atoms with van der Waals surface area (Å²) >= 11 is 0. The number of para-hydroxylation sites is 1. The average molecular weight is 327 g/mol. The van der Waals surface area contributed by atoms with Gasteiger partial charge in [-0.15, -0.1) is 0 Å². The normalized spacial score (nSPS) is 9.77. The summed E-state index contributed by atoms with van der Waals surface area (Å²) in [5.74, 6) is 0.322. The molecule has 0 aliphatic rings. The van der Waals surface area contributed by atoms with Crippen LogP contribution in [0.1, 0.15) is 5.56 Å². The van der Waals surface area contributed by atoms with Gasteiger partial charge < -0.3 is 10.8 Å². The van der Waals surface area contributed by atoms with Crippen LogP contribution < -0.4 is 5.73 Å². The van der Waals surface area contributed by atoms with E-state index in [1.807, 2.05) is 37.3 Å². The number of phenolic OH excluding ortho intramolecular Hbond substituents is 1. The Morgan fingerprint density at radius 3 is 1.73 bits per heavy atom. The van der Waals surface area contributed by atoms with Gasteiger partial charge in [0.1, 0.15) is 5.75 Å². The SMILES string of the molecule is COS(=O)(=O)OC.Cc1cccc(N)c1.Oc1ccccc1. The highest BCUT2D eigenvalue weighted by Gasteiger charge is 2.01. The Morgan fingerprint density at radius 2 is 1.50 bits per heavy atom. The summed E-state index contributed by atoms with van der Waals surface area (Å²) in [7, 11) is -1.60. The van der Waals surface area contributed by atoms with Crippen molar-refractivity contribution >= 4 is 16.1 Å². The topological polar surface area (TPSA) is 98.9 Å². The molecule has 0 heterocycles. The number of aromatic hydroxyl groups is 1. The van der Waals surface area contributed by atoms with Gasteiger partial charge in [-0.1, -0.05) is 30.3 Å². The summed E-state index contributed by atoms with van der Waals surface area (Å²) in [5, 5.41) is 8.63. The van der Waals surface area contributed by atoms with Crippen molar-refractivity contribution in [3.05, 3.63) is 60.2 Å². The molecule has 2 rings (SSSR count). The van der Waals surface area contributed by atoms with Crippen molar-refractivity contribution in [3.63, 3.8) is 0 Å². The Balaban J connectivity index is 0.000000302. The molecule has 0 saturated carbocycles. The number of benzene rings is 2. The highest BCUT2D eigenvalue weighted by Crippen LogP contribution is 2.03. The third kappa shape index (κ3) is 10.7. The molecule has 0 aromatic heterocycles. The van der Waals surface area contributed by atoms with Crippen molar-refractivity contribution in [2.24, 2.45) is 0 Å². The molecule has 0 aliphatic carbocycles. The smallest absolute Gasteiger partial charge is 0.399 e. The van der Waals surface area contributed by atoms with Crippen LogP contribution in [0.3, 0.4) is 0 Å². The second-order valence-electron chi connectivity index (χ2n) is 3.99. The van der Waals surface area contributed by atoms with E-state index in [1.165, 1.54) is 5.56 Å². The molecule has 2 aromatic carbocycles. The molecule has 0 unspecified atom stereocenters. The van der Waals surface area contributed by atoms with Gasteiger partial charge in [-0.2, -0.15) is 8.42 Å². The highest BCUT2D eigenvalue weighted by atomic mass is 32.3. The van der Waals surface area contributed by atoms with E-state index < -0.39 is 10.4 Å². The van der Waals surface area contributed by atoms with Crippen LogP contribution in [0.2, 0.25) is 0 Å². The maximum absolute atomic E-state index is 9.92. The minimum absolute atomic E-state index is 0.322. The van der Waals surface area contributed by atoms with Crippen LogP contribution in [-0.2, 0) is 18.8 Å². The van der Waals surface area contributed by atoms with Crippen LogP contribution >= 0.6 is 0 Å². The van der Waals surface area contributed by atoms with E-state index >= 15 is 0 Å². The van der Waals surface area contributed by atoms with Crippen LogP contribution in [0.15, 0.2) is 54.6 Å². The van der Waals surface area contributed by atoms with Gasteiger partial charge in [0.15, 0.2) is 0 Å². The van der Waals surface area contributed by atoms with E-state index in [2.05, 4.69) is 8.37 Å². The molecule has 0 amide bonds. The summed E-state index contributed by atoms with van der Waals surface area (Å²) in [5.41, 5.74) is 7.51. The van der Waals surface area contributed by atoms with E-state index in [4.69, 9.17) is 10.8 Å². The van der Waals surface area contributed by atoms with Crippen LogP contribution in [0.25, 0.3) is 0 Å². The fourth-order valence-corrected chi connectivity index (χ4v) is 1.30. The summed E-state index contributed by atoms with van der Waals surface area (Å²) in [6, 6.07) is 16.5. The Bertz CT molecular complexity index is 602. The van der Waals surface area contributed by atoms with Gasteiger partial charge in [0.05, 0.1) is 14.2 Å². The lowest BCUT2D eigenvalue weighted by Gasteiger charge is -1.91. The zero-order valence-electron chi connectivity index (χ0n) is 12.8. The molecule has 7 heteroatoms. The van der Waals surface area contributed by atoms with Crippen molar-refractivity contribution < 1.29 is 21.9 Å². The molecule has 22 heavy (non-hydrogen) atoms. The van der Waals surface area contributed by atoms with Crippen molar-refractivity contribution in [2.75, 3.05) is 20.0 Å². The summed E-state index contributed by atoms with van der Waals surface area (Å²) in [6.45, 7) is 2.02. The molecule has 0 atom stereocenters. The number of rotatable bonds is 2. The van der Waals surface area contributed by atoms with Crippen molar-refractivity contribution in [3.8, 4) is 5.75 Å². The zero-order chi connectivity index (χ0) is 17.0. The number of nitrogen functional groups attached to an aromatic ring is 1. The van der Waals surface area contributed by atoms with Gasteiger partial charge in [0.25, 0.3) is 0 Å². The van der Waals surface area contributed by atoms with Gasteiger partial charge in [-0.3, -0.25) is 8.37 Å². The Kier molecular flexibility index (Phi) is 9.60. The van der Waals surface area contributed by atoms with Crippen molar-refractivity contribution in [1.29, 1.82) is 0 Å². The Hall–Kier alpha value is -2.09. The first kappa shape index (κ1) is 19.9.